The third-order valence-corrected chi connectivity index (χ3v) is 4.16. The maximum Gasteiger partial charge on any atom is 0.241 e. The normalized spacial score (nSPS) is 12.3. The van der Waals surface area contributed by atoms with Gasteiger partial charge in [0.2, 0.25) is 5.91 Å². The maximum absolute atomic E-state index is 12.0. The Balaban J connectivity index is 2.66. The quantitative estimate of drug-likeness (QED) is 0.639. The number of nitrogens with two attached hydrogens (primary N) is 1. The first-order valence-electron chi connectivity index (χ1n) is 5.65. The number of carbonyl (C=O) groups excluding carboxylic acids is 1. The lowest BCUT2D eigenvalue weighted by atomic mass is 10.1. The molecule has 0 spiro atoms. The van der Waals surface area contributed by atoms with E-state index in [0.29, 0.717) is 18.7 Å². The minimum atomic E-state index is -0.544. The number of nitrogens with one attached hydrogen (secondary N) is 1. The zero-order valence-electron chi connectivity index (χ0n) is 10.4. The van der Waals surface area contributed by atoms with Crippen LogP contribution in [-0.2, 0) is 9.53 Å². The summed E-state index contributed by atoms with van der Waals surface area (Å²) in [5, 5.41) is 2.81. The topological polar surface area (TPSA) is 64.3 Å². The molecule has 0 bridgehead atoms. The first-order valence-corrected chi connectivity index (χ1v) is 8.03. The predicted molar refractivity (Wildman–Crippen MR) is 87.3 cm³/mol. The minimum absolute atomic E-state index is 0.208. The molecular weight excluding hydrogens is 444 g/mol. The summed E-state index contributed by atoms with van der Waals surface area (Å²) in [5.74, 6) is -0.208. The average Bonchev–Trinajstić information content (AvgIpc) is 2.33. The van der Waals surface area contributed by atoms with Crippen molar-refractivity contribution in [2.75, 3.05) is 19.0 Å². The summed E-state index contributed by atoms with van der Waals surface area (Å²) in [7, 11) is 1.63. The van der Waals surface area contributed by atoms with Crippen molar-refractivity contribution >= 4 is 59.4 Å². The van der Waals surface area contributed by atoms with E-state index in [1.807, 2.05) is 12.1 Å². The van der Waals surface area contributed by atoms with Crippen molar-refractivity contribution < 1.29 is 9.53 Å². The van der Waals surface area contributed by atoms with Crippen molar-refractivity contribution in [2.24, 2.45) is 5.73 Å². The lowest BCUT2D eigenvalue weighted by Gasteiger charge is -2.14. The SMILES string of the molecule is COCCCC(N)C(=O)Nc1c(Br)cc(Br)cc1Br. The summed E-state index contributed by atoms with van der Waals surface area (Å²) in [4.78, 5) is 12.0. The van der Waals surface area contributed by atoms with Crippen LogP contribution in [0.1, 0.15) is 12.8 Å². The number of rotatable bonds is 6. The standard InChI is InChI=1S/C12H15Br3N2O2/c1-19-4-2-3-10(16)12(18)17-11-8(14)5-7(13)6-9(11)15/h5-6,10H,2-4,16H2,1H3,(H,17,18). The monoisotopic (exact) mass is 456 g/mol. The number of hydrogen-bond donors (Lipinski definition) is 2. The van der Waals surface area contributed by atoms with Gasteiger partial charge in [0.1, 0.15) is 0 Å². The predicted octanol–water partition coefficient (Wildman–Crippen LogP) is 3.67. The third kappa shape index (κ3) is 5.51. The Morgan fingerprint density at radius 1 is 1.37 bits per heavy atom. The molecule has 19 heavy (non-hydrogen) atoms. The molecule has 3 N–H and O–H groups in total. The van der Waals surface area contributed by atoms with E-state index in [4.69, 9.17) is 10.5 Å². The minimum Gasteiger partial charge on any atom is -0.385 e. The highest BCUT2D eigenvalue weighted by atomic mass is 79.9. The van der Waals surface area contributed by atoms with Gasteiger partial charge in [-0.1, -0.05) is 15.9 Å². The van der Waals surface area contributed by atoms with E-state index in [-0.39, 0.29) is 5.91 Å². The van der Waals surface area contributed by atoms with Crippen LogP contribution in [0.2, 0.25) is 0 Å². The molecule has 7 heteroatoms. The zero-order chi connectivity index (χ0) is 14.4. The van der Waals surface area contributed by atoms with Crippen LogP contribution < -0.4 is 11.1 Å². The van der Waals surface area contributed by atoms with Crippen LogP contribution in [0.4, 0.5) is 5.69 Å². The Hall–Kier alpha value is 0.0500. The molecule has 0 saturated heterocycles. The summed E-state index contributed by atoms with van der Waals surface area (Å²) < 4.78 is 7.41. The van der Waals surface area contributed by atoms with Crippen molar-refractivity contribution in [1.29, 1.82) is 0 Å². The number of halogens is 3. The van der Waals surface area contributed by atoms with Gasteiger partial charge in [0, 0.05) is 27.1 Å². The van der Waals surface area contributed by atoms with Crippen LogP contribution in [0.25, 0.3) is 0 Å². The molecule has 1 aromatic carbocycles. The van der Waals surface area contributed by atoms with Crippen LogP contribution in [0.3, 0.4) is 0 Å². The van der Waals surface area contributed by atoms with Gasteiger partial charge < -0.3 is 15.8 Å². The highest BCUT2D eigenvalue weighted by Crippen LogP contribution is 2.34. The van der Waals surface area contributed by atoms with Gasteiger partial charge in [0.15, 0.2) is 0 Å². The molecule has 0 heterocycles. The Morgan fingerprint density at radius 2 is 1.95 bits per heavy atom. The summed E-state index contributed by atoms with van der Waals surface area (Å²) in [6, 6.07) is 3.17. The molecule has 0 fully saturated rings. The summed E-state index contributed by atoms with van der Waals surface area (Å²) in [6.07, 6.45) is 1.35. The molecule has 0 aliphatic rings. The van der Waals surface area contributed by atoms with Crippen molar-refractivity contribution in [1.82, 2.24) is 0 Å². The molecule has 0 radical (unpaired) electrons. The molecule has 1 atom stereocenters. The van der Waals surface area contributed by atoms with Crippen molar-refractivity contribution in [3.05, 3.63) is 25.6 Å². The highest BCUT2D eigenvalue weighted by Gasteiger charge is 2.16. The second kappa shape index (κ2) is 8.36. The van der Waals surface area contributed by atoms with E-state index in [1.165, 1.54) is 0 Å². The third-order valence-electron chi connectivity index (χ3n) is 2.46. The molecule has 0 aromatic heterocycles. The number of methoxy groups -OCH3 is 1. The molecule has 0 saturated carbocycles. The van der Waals surface area contributed by atoms with Crippen molar-refractivity contribution in [3.8, 4) is 0 Å². The molecule has 1 unspecified atom stereocenters. The largest absolute Gasteiger partial charge is 0.385 e. The van der Waals surface area contributed by atoms with Gasteiger partial charge in [-0.3, -0.25) is 4.79 Å². The molecule has 1 aromatic rings. The van der Waals surface area contributed by atoms with Gasteiger partial charge in [-0.05, 0) is 56.8 Å². The van der Waals surface area contributed by atoms with Crippen LogP contribution in [0.15, 0.2) is 25.6 Å². The van der Waals surface area contributed by atoms with E-state index in [0.717, 1.165) is 19.8 Å². The molecular formula is C12H15Br3N2O2. The highest BCUT2D eigenvalue weighted by molar-refractivity contribution is 9.11. The number of ether oxygens (including phenoxy) is 1. The fraction of sp³-hybridized carbons (Fsp3) is 0.417. The van der Waals surface area contributed by atoms with Gasteiger partial charge in [-0.15, -0.1) is 0 Å². The Labute approximate surface area is 137 Å². The zero-order valence-corrected chi connectivity index (χ0v) is 15.1. The lowest BCUT2D eigenvalue weighted by Crippen LogP contribution is -2.35. The lowest BCUT2D eigenvalue weighted by molar-refractivity contribution is -0.117. The summed E-state index contributed by atoms with van der Waals surface area (Å²) in [5.41, 5.74) is 6.50. The van der Waals surface area contributed by atoms with Crippen LogP contribution >= 0.6 is 47.8 Å². The van der Waals surface area contributed by atoms with Gasteiger partial charge in [-0.2, -0.15) is 0 Å². The van der Waals surface area contributed by atoms with Crippen molar-refractivity contribution in [2.45, 2.75) is 18.9 Å². The second-order valence-corrected chi connectivity index (χ2v) is 6.60. The molecule has 0 aliphatic carbocycles. The van der Waals surface area contributed by atoms with Gasteiger partial charge in [-0.25, -0.2) is 0 Å². The van der Waals surface area contributed by atoms with Gasteiger partial charge >= 0.3 is 0 Å². The first kappa shape index (κ1) is 17.1. The fourth-order valence-electron chi connectivity index (χ4n) is 1.46. The summed E-state index contributed by atoms with van der Waals surface area (Å²) in [6.45, 7) is 0.604. The van der Waals surface area contributed by atoms with Gasteiger partial charge in [0.05, 0.1) is 11.7 Å². The molecule has 1 amide bonds. The number of hydrogen-bond acceptors (Lipinski definition) is 3. The Bertz CT molecular complexity index is 432. The molecule has 4 nitrogen and oxygen atoms in total. The molecule has 1 rings (SSSR count). The summed E-state index contributed by atoms with van der Waals surface area (Å²) >= 11 is 10.2. The smallest absolute Gasteiger partial charge is 0.241 e. The van der Waals surface area contributed by atoms with Crippen molar-refractivity contribution in [3.63, 3.8) is 0 Å². The number of amides is 1. The van der Waals surface area contributed by atoms with Crippen LogP contribution in [0, 0.1) is 0 Å². The number of carbonyl (C=O) groups is 1. The van der Waals surface area contributed by atoms with Crippen LogP contribution in [-0.4, -0.2) is 25.7 Å². The number of benzene rings is 1. The average molecular weight is 459 g/mol. The van der Waals surface area contributed by atoms with Gasteiger partial charge in [0.25, 0.3) is 0 Å². The molecule has 106 valence electrons. The van der Waals surface area contributed by atoms with E-state index in [9.17, 15) is 4.79 Å². The fourth-order valence-corrected chi connectivity index (χ4v) is 3.91. The number of anilines is 1. The second-order valence-electron chi connectivity index (χ2n) is 3.98. The maximum atomic E-state index is 12.0. The van der Waals surface area contributed by atoms with E-state index < -0.39 is 6.04 Å². The van der Waals surface area contributed by atoms with Crippen LogP contribution in [0.5, 0.6) is 0 Å². The van der Waals surface area contributed by atoms with E-state index in [1.54, 1.807) is 7.11 Å². The Morgan fingerprint density at radius 3 is 2.47 bits per heavy atom. The molecule has 0 aliphatic heterocycles. The first-order chi connectivity index (χ1) is 8.95. The Kier molecular flexibility index (Phi) is 7.53. The van der Waals surface area contributed by atoms with E-state index >= 15 is 0 Å². The van der Waals surface area contributed by atoms with E-state index in [2.05, 4.69) is 53.1 Å².